The van der Waals surface area contributed by atoms with Crippen molar-refractivity contribution in [1.82, 2.24) is 4.90 Å². The molecule has 2 atom stereocenters. The molecule has 5 nitrogen and oxygen atoms in total. The normalized spacial score (nSPS) is 22.9. The van der Waals surface area contributed by atoms with Crippen molar-refractivity contribution in [2.45, 2.75) is 38.3 Å². The van der Waals surface area contributed by atoms with Crippen LogP contribution in [0.15, 0.2) is 24.3 Å². The molecule has 1 aromatic rings. The van der Waals surface area contributed by atoms with Crippen LogP contribution in [0.2, 0.25) is 0 Å². The van der Waals surface area contributed by atoms with Crippen LogP contribution < -0.4 is 5.73 Å². The number of hydrogen-bond acceptors (Lipinski definition) is 4. The summed E-state index contributed by atoms with van der Waals surface area (Å²) in [7, 11) is 0. The lowest BCUT2D eigenvalue weighted by atomic mass is 9.95. The fourth-order valence-corrected chi connectivity index (χ4v) is 2.41. The van der Waals surface area contributed by atoms with Gasteiger partial charge in [-0.1, -0.05) is 12.1 Å². The van der Waals surface area contributed by atoms with Gasteiger partial charge in [-0.3, -0.25) is 0 Å². The highest BCUT2D eigenvalue weighted by atomic mass is 16.6. The summed E-state index contributed by atoms with van der Waals surface area (Å²) in [6.45, 7) is 6.50. The van der Waals surface area contributed by atoms with E-state index in [4.69, 9.17) is 10.5 Å². The van der Waals surface area contributed by atoms with Crippen LogP contribution in [0.5, 0.6) is 5.75 Å². The Morgan fingerprint density at radius 2 is 2.10 bits per heavy atom. The Labute approximate surface area is 119 Å². The molecule has 1 aliphatic heterocycles. The van der Waals surface area contributed by atoms with Gasteiger partial charge in [-0.15, -0.1) is 0 Å². The number of nitrogens with zero attached hydrogens (tertiary/aromatic N) is 1. The Bertz CT molecular complexity index is 496. The molecule has 1 heterocycles. The van der Waals surface area contributed by atoms with E-state index in [1.807, 2.05) is 26.8 Å². The molecule has 0 bridgehead atoms. The Balaban J connectivity index is 2.07. The predicted molar refractivity (Wildman–Crippen MR) is 76.6 cm³/mol. The third kappa shape index (κ3) is 3.42. The maximum Gasteiger partial charge on any atom is 0.410 e. The van der Waals surface area contributed by atoms with Gasteiger partial charge in [-0.25, -0.2) is 4.79 Å². The van der Waals surface area contributed by atoms with Crippen molar-refractivity contribution in [3.63, 3.8) is 0 Å². The first-order chi connectivity index (χ1) is 9.26. The SMILES string of the molecule is CC(C)(C)OC(=O)N1CC(N)C(c2cccc(O)c2)C1. The maximum absolute atomic E-state index is 12.0. The fourth-order valence-electron chi connectivity index (χ4n) is 2.41. The lowest BCUT2D eigenvalue weighted by molar-refractivity contribution is 0.0290. The molecular weight excluding hydrogens is 256 g/mol. The molecule has 0 aliphatic carbocycles. The number of amides is 1. The standard InChI is InChI=1S/C15H22N2O3/c1-15(2,3)20-14(19)17-8-12(13(16)9-17)10-5-4-6-11(18)7-10/h4-7,12-13,18H,8-9,16H2,1-3H3. The van der Waals surface area contributed by atoms with Gasteiger partial charge in [0.05, 0.1) is 0 Å². The summed E-state index contributed by atoms with van der Waals surface area (Å²) in [4.78, 5) is 13.7. The second kappa shape index (κ2) is 5.32. The van der Waals surface area contributed by atoms with Crippen molar-refractivity contribution in [3.8, 4) is 5.75 Å². The van der Waals surface area contributed by atoms with Crippen LogP contribution in [0.25, 0.3) is 0 Å². The smallest absolute Gasteiger partial charge is 0.410 e. The molecule has 20 heavy (non-hydrogen) atoms. The highest BCUT2D eigenvalue weighted by Crippen LogP contribution is 2.29. The molecule has 0 radical (unpaired) electrons. The van der Waals surface area contributed by atoms with Gasteiger partial charge >= 0.3 is 6.09 Å². The molecule has 3 N–H and O–H groups in total. The van der Waals surface area contributed by atoms with Crippen LogP contribution in [0.1, 0.15) is 32.3 Å². The zero-order valence-electron chi connectivity index (χ0n) is 12.2. The number of ether oxygens (including phenoxy) is 1. The quantitative estimate of drug-likeness (QED) is 0.824. The van der Waals surface area contributed by atoms with Crippen LogP contribution in [-0.2, 0) is 4.74 Å². The first-order valence-electron chi connectivity index (χ1n) is 6.79. The topological polar surface area (TPSA) is 75.8 Å². The summed E-state index contributed by atoms with van der Waals surface area (Å²) >= 11 is 0. The van der Waals surface area contributed by atoms with Crippen molar-refractivity contribution in [3.05, 3.63) is 29.8 Å². The minimum Gasteiger partial charge on any atom is -0.508 e. The molecule has 1 saturated heterocycles. The molecule has 0 spiro atoms. The van der Waals surface area contributed by atoms with Gasteiger partial charge in [0.2, 0.25) is 0 Å². The second-order valence-corrected chi connectivity index (χ2v) is 6.25. The third-order valence-corrected chi connectivity index (χ3v) is 3.32. The van der Waals surface area contributed by atoms with Gasteiger partial charge in [-0.05, 0) is 38.5 Å². The molecule has 2 unspecified atom stereocenters. The largest absolute Gasteiger partial charge is 0.508 e. The van der Waals surface area contributed by atoms with E-state index < -0.39 is 5.60 Å². The predicted octanol–water partition coefficient (Wildman–Crippen LogP) is 2.05. The number of phenolic OH excluding ortho intramolecular Hbond substituents is 1. The Kier molecular flexibility index (Phi) is 3.90. The van der Waals surface area contributed by atoms with Crippen molar-refractivity contribution >= 4 is 6.09 Å². The molecule has 1 aromatic carbocycles. The molecule has 0 aromatic heterocycles. The van der Waals surface area contributed by atoms with E-state index in [0.29, 0.717) is 13.1 Å². The van der Waals surface area contributed by atoms with Gasteiger partial charge in [-0.2, -0.15) is 0 Å². The summed E-state index contributed by atoms with van der Waals surface area (Å²) in [6, 6.07) is 6.87. The van der Waals surface area contributed by atoms with E-state index in [-0.39, 0.29) is 23.8 Å². The molecule has 110 valence electrons. The fraction of sp³-hybridized carbons (Fsp3) is 0.533. The van der Waals surface area contributed by atoms with Crippen molar-refractivity contribution < 1.29 is 14.6 Å². The lowest BCUT2D eigenvalue weighted by Gasteiger charge is -2.24. The van der Waals surface area contributed by atoms with E-state index in [1.54, 1.807) is 23.1 Å². The van der Waals surface area contributed by atoms with Gasteiger partial charge in [0.1, 0.15) is 11.4 Å². The Morgan fingerprint density at radius 3 is 2.70 bits per heavy atom. The third-order valence-electron chi connectivity index (χ3n) is 3.32. The maximum atomic E-state index is 12.0. The highest BCUT2D eigenvalue weighted by molar-refractivity contribution is 5.69. The number of carbonyl (C=O) groups is 1. The lowest BCUT2D eigenvalue weighted by Crippen LogP contribution is -2.36. The number of likely N-dealkylation sites (tertiary alicyclic amines) is 1. The van der Waals surface area contributed by atoms with Gasteiger partial charge in [0.15, 0.2) is 0 Å². The number of phenols is 1. The molecule has 0 saturated carbocycles. The molecular formula is C15H22N2O3. The number of aromatic hydroxyl groups is 1. The number of benzene rings is 1. The average molecular weight is 278 g/mol. The summed E-state index contributed by atoms with van der Waals surface area (Å²) in [5, 5.41) is 9.54. The van der Waals surface area contributed by atoms with Crippen molar-refractivity contribution in [1.29, 1.82) is 0 Å². The van der Waals surface area contributed by atoms with Crippen LogP contribution in [0.4, 0.5) is 4.79 Å². The second-order valence-electron chi connectivity index (χ2n) is 6.25. The van der Waals surface area contributed by atoms with E-state index in [2.05, 4.69) is 0 Å². The first-order valence-corrected chi connectivity index (χ1v) is 6.79. The summed E-state index contributed by atoms with van der Waals surface area (Å²) in [5.74, 6) is 0.236. The summed E-state index contributed by atoms with van der Waals surface area (Å²) in [5.41, 5.74) is 6.56. The van der Waals surface area contributed by atoms with Crippen LogP contribution in [0, 0.1) is 0 Å². The molecule has 5 heteroatoms. The van der Waals surface area contributed by atoms with Crippen molar-refractivity contribution in [2.24, 2.45) is 5.73 Å². The number of carbonyl (C=O) groups excluding carboxylic acids is 1. The minimum absolute atomic E-state index is 0.0228. The average Bonchev–Trinajstić information content (AvgIpc) is 2.69. The highest BCUT2D eigenvalue weighted by Gasteiger charge is 2.36. The Morgan fingerprint density at radius 1 is 1.40 bits per heavy atom. The first kappa shape index (κ1) is 14.7. The van der Waals surface area contributed by atoms with Crippen LogP contribution in [0.3, 0.4) is 0 Å². The summed E-state index contributed by atoms with van der Waals surface area (Å²) < 4.78 is 5.36. The van der Waals surface area contributed by atoms with E-state index in [0.717, 1.165) is 5.56 Å². The number of nitrogens with two attached hydrogens (primary N) is 1. The van der Waals surface area contributed by atoms with E-state index in [9.17, 15) is 9.90 Å². The zero-order chi connectivity index (χ0) is 14.9. The molecule has 1 fully saturated rings. The number of rotatable bonds is 1. The molecule has 1 aliphatic rings. The summed E-state index contributed by atoms with van der Waals surface area (Å²) in [6.07, 6.45) is -0.337. The minimum atomic E-state index is -0.510. The molecule has 2 rings (SSSR count). The van der Waals surface area contributed by atoms with Crippen LogP contribution >= 0.6 is 0 Å². The monoisotopic (exact) mass is 278 g/mol. The van der Waals surface area contributed by atoms with E-state index >= 15 is 0 Å². The van der Waals surface area contributed by atoms with Crippen LogP contribution in [-0.4, -0.2) is 40.8 Å². The molecule has 1 amide bonds. The van der Waals surface area contributed by atoms with E-state index in [1.165, 1.54) is 0 Å². The van der Waals surface area contributed by atoms with Gasteiger partial charge in [0, 0.05) is 25.0 Å². The Hall–Kier alpha value is -1.75. The number of hydrogen-bond donors (Lipinski definition) is 2. The van der Waals surface area contributed by atoms with Crippen molar-refractivity contribution in [2.75, 3.05) is 13.1 Å². The van der Waals surface area contributed by atoms with Gasteiger partial charge < -0.3 is 20.5 Å². The zero-order valence-corrected chi connectivity index (χ0v) is 12.2. The van der Waals surface area contributed by atoms with Gasteiger partial charge in [0.25, 0.3) is 0 Å².